The normalized spacial score (nSPS) is 11.0. The maximum atomic E-state index is 13.4. The third-order valence-electron chi connectivity index (χ3n) is 5.87. The number of amides is 1. The van der Waals surface area contributed by atoms with E-state index in [1.165, 1.54) is 29.0 Å². The Kier molecular flexibility index (Phi) is 8.70. The van der Waals surface area contributed by atoms with Crippen molar-refractivity contribution in [1.82, 2.24) is 14.5 Å². The molecular formula is C27H25Cl2N3O6. The quantitative estimate of drug-likeness (QED) is 0.273. The summed E-state index contributed by atoms with van der Waals surface area (Å²) in [4.78, 5) is 51.9. The van der Waals surface area contributed by atoms with Crippen molar-refractivity contribution in [3.05, 3.63) is 97.0 Å². The van der Waals surface area contributed by atoms with Crippen LogP contribution in [0.15, 0.2) is 68.8 Å². The number of halogens is 2. The van der Waals surface area contributed by atoms with Crippen LogP contribution >= 0.6 is 23.2 Å². The number of rotatable bonds is 11. The minimum Gasteiger partial charge on any atom is -0.492 e. The number of aromatic nitrogens is 2. The van der Waals surface area contributed by atoms with Gasteiger partial charge in [0.25, 0.3) is 5.56 Å². The molecule has 0 aliphatic rings. The first-order chi connectivity index (χ1) is 18.3. The monoisotopic (exact) mass is 557 g/mol. The first-order valence-electron chi connectivity index (χ1n) is 12.0. The van der Waals surface area contributed by atoms with Gasteiger partial charge in [-0.15, -0.1) is 0 Å². The second-order valence-corrected chi connectivity index (χ2v) is 9.29. The van der Waals surface area contributed by atoms with Crippen LogP contribution < -0.4 is 21.3 Å². The Balaban J connectivity index is 1.58. The summed E-state index contributed by atoms with van der Waals surface area (Å²) in [6, 6.07) is 12.6. The van der Waals surface area contributed by atoms with Crippen molar-refractivity contribution in [2.24, 2.45) is 0 Å². The molecule has 0 aliphatic carbocycles. The van der Waals surface area contributed by atoms with Crippen LogP contribution in [0.25, 0.3) is 10.9 Å². The number of benzene rings is 2. The fraction of sp³-hybridized carbons (Fsp3) is 0.259. The Hall–Kier alpha value is -3.82. The molecule has 38 heavy (non-hydrogen) atoms. The van der Waals surface area contributed by atoms with Gasteiger partial charge in [0.1, 0.15) is 11.5 Å². The van der Waals surface area contributed by atoms with Gasteiger partial charge in [-0.2, -0.15) is 0 Å². The van der Waals surface area contributed by atoms with E-state index in [2.05, 4.69) is 5.32 Å². The van der Waals surface area contributed by atoms with Crippen molar-refractivity contribution in [3.63, 3.8) is 0 Å². The average molecular weight is 558 g/mol. The minimum absolute atomic E-state index is 0.0165. The summed E-state index contributed by atoms with van der Waals surface area (Å²) in [5.74, 6) is 0.434. The van der Waals surface area contributed by atoms with Gasteiger partial charge in [-0.3, -0.25) is 23.5 Å². The van der Waals surface area contributed by atoms with E-state index in [0.29, 0.717) is 28.7 Å². The van der Waals surface area contributed by atoms with Gasteiger partial charge in [-0.1, -0.05) is 23.2 Å². The van der Waals surface area contributed by atoms with Crippen molar-refractivity contribution in [3.8, 4) is 5.75 Å². The molecule has 0 fully saturated rings. The van der Waals surface area contributed by atoms with Crippen LogP contribution in [0.4, 0.5) is 0 Å². The Morgan fingerprint density at radius 3 is 2.58 bits per heavy atom. The molecule has 11 heteroatoms. The predicted octanol–water partition coefficient (Wildman–Crippen LogP) is 4.44. The molecule has 1 N–H and O–H groups in total. The van der Waals surface area contributed by atoms with Crippen molar-refractivity contribution in [2.75, 3.05) is 6.61 Å². The summed E-state index contributed by atoms with van der Waals surface area (Å²) in [5.41, 5.74) is -0.636. The van der Waals surface area contributed by atoms with E-state index in [9.17, 15) is 19.2 Å². The summed E-state index contributed by atoms with van der Waals surface area (Å²) in [7, 11) is 0. The Morgan fingerprint density at radius 2 is 1.87 bits per heavy atom. The number of Topliss-reactive ketones (excluding diaryl/α,β-unsaturated/α-hetero) is 1. The second kappa shape index (κ2) is 12.1. The number of furan rings is 1. The molecule has 0 aliphatic heterocycles. The van der Waals surface area contributed by atoms with Crippen LogP contribution in [0.5, 0.6) is 5.75 Å². The number of carbonyl (C=O) groups excluding carboxylic acids is 2. The molecular weight excluding hydrogens is 533 g/mol. The number of fused-ring (bicyclic) bond motifs is 1. The van der Waals surface area contributed by atoms with E-state index in [1.54, 1.807) is 30.3 Å². The highest BCUT2D eigenvalue weighted by Crippen LogP contribution is 2.26. The zero-order chi connectivity index (χ0) is 27.2. The predicted molar refractivity (Wildman–Crippen MR) is 144 cm³/mol. The van der Waals surface area contributed by atoms with Gasteiger partial charge < -0.3 is 14.5 Å². The summed E-state index contributed by atoms with van der Waals surface area (Å²) in [5, 5.41) is 3.50. The highest BCUT2D eigenvalue weighted by atomic mass is 35.5. The van der Waals surface area contributed by atoms with Gasteiger partial charge in [0.2, 0.25) is 5.91 Å². The lowest BCUT2D eigenvalue weighted by atomic mass is 10.1. The molecule has 2 aromatic heterocycles. The molecule has 9 nitrogen and oxygen atoms in total. The van der Waals surface area contributed by atoms with Crippen molar-refractivity contribution in [2.45, 2.75) is 39.4 Å². The summed E-state index contributed by atoms with van der Waals surface area (Å²) < 4.78 is 12.9. The molecule has 0 atom stereocenters. The molecule has 0 saturated heterocycles. The number of nitrogens with zero attached hydrogens (tertiary/aromatic N) is 2. The van der Waals surface area contributed by atoms with E-state index >= 15 is 0 Å². The standard InChI is InChI=1S/C27H25Cl2N3O6/c1-2-37-24-10-7-17(13-21(24)29)23(33)16-32-22-9-8-18(28)14-20(22)26(35)31(27(32)36)11-3-6-25(34)30-15-19-5-4-12-38-19/h4-5,7-10,12-14H,2-3,6,11,15-16H2,1H3,(H,30,34). The zero-order valence-corrected chi connectivity index (χ0v) is 22.1. The Bertz CT molecular complexity index is 1590. The summed E-state index contributed by atoms with van der Waals surface area (Å²) in [6.45, 7) is 2.14. The maximum absolute atomic E-state index is 13.4. The fourth-order valence-corrected chi connectivity index (χ4v) is 4.42. The maximum Gasteiger partial charge on any atom is 0.331 e. The van der Waals surface area contributed by atoms with Gasteiger partial charge in [0.05, 0.1) is 41.9 Å². The Morgan fingerprint density at radius 1 is 1.05 bits per heavy atom. The van der Waals surface area contributed by atoms with Crippen molar-refractivity contribution >= 4 is 45.8 Å². The lowest BCUT2D eigenvalue weighted by molar-refractivity contribution is -0.121. The molecule has 0 spiro atoms. The lowest BCUT2D eigenvalue weighted by Gasteiger charge is -2.14. The molecule has 0 saturated carbocycles. The fourth-order valence-electron chi connectivity index (χ4n) is 4.01. The summed E-state index contributed by atoms with van der Waals surface area (Å²) in [6.07, 6.45) is 1.83. The molecule has 0 radical (unpaired) electrons. The molecule has 2 aromatic carbocycles. The van der Waals surface area contributed by atoms with Crippen LogP contribution in [-0.2, 0) is 24.4 Å². The highest BCUT2D eigenvalue weighted by Gasteiger charge is 2.18. The number of ketones is 1. The topological polar surface area (TPSA) is 113 Å². The number of ether oxygens (including phenoxy) is 1. The van der Waals surface area contributed by atoms with Crippen LogP contribution in [0.3, 0.4) is 0 Å². The van der Waals surface area contributed by atoms with Gasteiger partial charge in [0, 0.05) is 23.6 Å². The Labute approximate surface area is 227 Å². The summed E-state index contributed by atoms with van der Waals surface area (Å²) >= 11 is 12.4. The van der Waals surface area contributed by atoms with Crippen LogP contribution in [0.2, 0.25) is 10.0 Å². The highest BCUT2D eigenvalue weighted by molar-refractivity contribution is 6.32. The molecule has 2 heterocycles. The number of nitrogens with one attached hydrogen (secondary N) is 1. The number of carbonyl (C=O) groups is 2. The second-order valence-electron chi connectivity index (χ2n) is 8.45. The zero-order valence-electron chi connectivity index (χ0n) is 20.5. The SMILES string of the molecule is CCOc1ccc(C(=O)Cn2c(=O)n(CCCC(=O)NCc3ccco3)c(=O)c3cc(Cl)ccc32)cc1Cl. The van der Waals surface area contributed by atoms with Gasteiger partial charge in [0.15, 0.2) is 5.78 Å². The van der Waals surface area contributed by atoms with E-state index in [0.717, 1.165) is 4.57 Å². The largest absolute Gasteiger partial charge is 0.492 e. The van der Waals surface area contributed by atoms with Gasteiger partial charge in [-0.05, 0) is 61.9 Å². The average Bonchev–Trinajstić information content (AvgIpc) is 3.42. The van der Waals surface area contributed by atoms with E-state index in [4.69, 9.17) is 32.4 Å². The van der Waals surface area contributed by atoms with E-state index in [-0.39, 0.29) is 60.1 Å². The van der Waals surface area contributed by atoms with Crippen LogP contribution in [0, 0.1) is 0 Å². The molecule has 4 aromatic rings. The molecule has 4 rings (SSSR count). The lowest BCUT2D eigenvalue weighted by Crippen LogP contribution is -2.41. The smallest absolute Gasteiger partial charge is 0.331 e. The van der Waals surface area contributed by atoms with E-state index < -0.39 is 11.2 Å². The third-order valence-corrected chi connectivity index (χ3v) is 6.40. The number of hydrogen-bond donors (Lipinski definition) is 1. The van der Waals surface area contributed by atoms with Gasteiger partial charge >= 0.3 is 5.69 Å². The molecule has 1 amide bonds. The molecule has 198 valence electrons. The van der Waals surface area contributed by atoms with Crippen molar-refractivity contribution < 1.29 is 18.7 Å². The first kappa shape index (κ1) is 27.2. The van der Waals surface area contributed by atoms with Crippen LogP contribution in [0.1, 0.15) is 35.9 Å². The van der Waals surface area contributed by atoms with E-state index in [1.807, 2.05) is 6.92 Å². The van der Waals surface area contributed by atoms with Crippen molar-refractivity contribution in [1.29, 1.82) is 0 Å². The first-order valence-corrected chi connectivity index (χ1v) is 12.7. The van der Waals surface area contributed by atoms with Gasteiger partial charge in [-0.25, -0.2) is 4.79 Å². The number of hydrogen-bond acceptors (Lipinski definition) is 6. The third kappa shape index (κ3) is 6.17. The molecule has 0 bridgehead atoms. The van der Waals surface area contributed by atoms with Crippen LogP contribution in [-0.4, -0.2) is 27.4 Å². The minimum atomic E-state index is -0.661. The molecule has 0 unspecified atom stereocenters.